The largest absolute Gasteiger partial charge is 0.497 e. The molecule has 0 spiro atoms. The zero-order chi connectivity index (χ0) is 21.8. The Morgan fingerprint density at radius 3 is 2.32 bits per heavy atom. The van der Waals surface area contributed by atoms with E-state index in [1.807, 2.05) is 6.07 Å². The predicted molar refractivity (Wildman–Crippen MR) is 121 cm³/mol. The summed E-state index contributed by atoms with van der Waals surface area (Å²) >= 11 is 0. The van der Waals surface area contributed by atoms with E-state index in [0.29, 0.717) is 29.6 Å². The Bertz CT molecular complexity index is 1030. The fourth-order valence-electron chi connectivity index (χ4n) is 4.27. The van der Waals surface area contributed by atoms with Gasteiger partial charge in [-0.15, -0.1) is 0 Å². The molecule has 0 radical (unpaired) electrons. The maximum atomic E-state index is 12.6. The van der Waals surface area contributed by atoms with E-state index in [-0.39, 0.29) is 5.91 Å². The molecule has 1 aromatic heterocycles. The second-order valence-corrected chi connectivity index (χ2v) is 7.86. The molecule has 7 heteroatoms. The number of H-pyrrole nitrogens is 1. The zero-order valence-corrected chi connectivity index (χ0v) is 18.2. The van der Waals surface area contributed by atoms with Crippen molar-refractivity contribution in [3.8, 4) is 17.2 Å². The molecule has 0 unspecified atom stereocenters. The van der Waals surface area contributed by atoms with Crippen LogP contribution in [0.1, 0.15) is 24.3 Å². The molecule has 4 rings (SSSR count). The standard InChI is InChI=1S/C24H29N3O4/c1-29-18-4-5-23-21(13-18)22(14-25-23)16-6-8-27(9-7-16)15-24(28)26-17-10-19(30-2)12-20(11-17)31-3/h4-5,10-14,16,25H,6-9,15H2,1-3H3,(H,26,28). The summed E-state index contributed by atoms with van der Waals surface area (Å²) in [4.78, 5) is 18.2. The zero-order valence-electron chi connectivity index (χ0n) is 18.2. The number of benzene rings is 2. The number of carbonyl (C=O) groups excluding carboxylic acids is 1. The van der Waals surface area contributed by atoms with Gasteiger partial charge >= 0.3 is 0 Å². The van der Waals surface area contributed by atoms with Crippen molar-refractivity contribution in [2.75, 3.05) is 46.3 Å². The first-order valence-electron chi connectivity index (χ1n) is 10.5. The summed E-state index contributed by atoms with van der Waals surface area (Å²) in [6, 6.07) is 11.5. The van der Waals surface area contributed by atoms with E-state index >= 15 is 0 Å². The Kier molecular flexibility index (Phi) is 6.32. The van der Waals surface area contributed by atoms with Gasteiger partial charge in [0.2, 0.25) is 5.91 Å². The fourth-order valence-corrected chi connectivity index (χ4v) is 4.27. The molecular weight excluding hydrogens is 394 g/mol. The van der Waals surface area contributed by atoms with Crippen molar-refractivity contribution in [1.29, 1.82) is 0 Å². The van der Waals surface area contributed by atoms with Gasteiger partial charge in [0.1, 0.15) is 17.2 Å². The number of likely N-dealkylation sites (tertiary alicyclic amines) is 1. The van der Waals surface area contributed by atoms with Crippen LogP contribution in [-0.4, -0.2) is 56.8 Å². The molecule has 1 fully saturated rings. The minimum Gasteiger partial charge on any atom is -0.497 e. The van der Waals surface area contributed by atoms with Gasteiger partial charge in [0.25, 0.3) is 0 Å². The van der Waals surface area contributed by atoms with E-state index < -0.39 is 0 Å². The monoisotopic (exact) mass is 423 g/mol. The third-order valence-electron chi connectivity index (χ3n) is 5.95. The number of rotatable bonds is 7. The van der Waals surface area contributed by atoms with Crippen LogP contribution in [0.2, 0.25) is 0 Å². The number of anilines is 1. The van der Waals surface area contributed by atoms with Crippen molar-refractivity contribution >= 4 is 22.5 Å². The van der Waals surface area contributed by atoms with Crippen molar-refractivity contribution in [2.45, 2.75) is 18.8 Å². The first kappa shape index (κ1) is 21.1. The third-order valence-corrected chi connectivity index (χ3v) is 5.95. The quantitative estimate of drug-likeness (QED) is 0.601. The highest BCUT2D eigenvalue weighted by atomic mass is 16.5. The van der Waals surface area contributed by atoms with Gasteiger partial charge in [0, 0.05) is 41.0 Å². The number of hydrogen-bond acceptors (Lipinski definition) is 5. The van der Waals surface area contributed by atoms with E-state index in [2.05, 4.69) is 33.5 Å². The first-order valence-corrected chi connectivity index (χ1v) is 10.5. The number of nitrogens with one attached hydrogen (secondary N) is 2. The van der Waals surface area contributed by atoms with Crippen LogP contribution in [0.4, 0.5) is 5.69 Å². The number of aromatic amines is 1. The predicted octanol–water partition coefficient (Wildman–Crippen LogP) is 4.01. The number of nitrogens with zero attached hydrogens (tertiary/aromatic N) is 1. The Morgan fingerprint density at radius 2 is 1.68 bits per heavy atom. The van der Waals surface area contributed by atoms with Gasteiger partial charge in [0.05, 0.1) is 27.9 Å². The number of amides is 1. The van der Waals surface area contributed by atoms with Crippen molar-refractivity contribution in [1.82, 2.24) is 9.88 Å². The summed E-state index contributed by atoms with van der Waals surface area (Å²) in [6.45, 7) is 2.14. The van der Waals surface area contributed by atoms with E-state index in [9.17, 15) is 4.79 Å². The number of methoxy groups -OCH3 is 3. The molecule has 1 amide bonds. The SMILES string of the molecule is COc1cc(NC(=O)CN2CCC(c3c[nH]c4ccc(OC)cc34)CC2)cc(OC)c1. The van der Waals surface area contributed by atoms with Crippen LogP contribution in [0.25, 0.3) is 10.9 Å². The highest BCUT2D eigenvalue weighted by Crippen LogP contribution is 2.34. The summed E-state index contributed by atoms with van der Waals surface area (Å²) < 4.78 is 15.9. The lowest BCUT2D eigenvalue weighted by molar-refractivity contribution is -0.117. The molecule has 2 aromatic carbocycles. The second-order valence-electron chi connectivity index (χ2n) is 7.86. The average molecular weight is 424 g/mol. The molecular formula is C24H29N3O4. The van der Waals surface area contributed by atoms with Crippen LogP contribution in [0.15, 0.2) is 42.6 Å². The van der Waals surface area contributed by atoms with E-state index in [4.69, 9.17) is 14.2 Å². The van der Waals surface area contributed by atoms with E-state index in [1.54, 1.807) is 39.5 Å². The maximum absolute atomic E-state index is 12.6. The first-order chi connectivity index (χ1) is 15.1. The van der Waals surface area contributed by atoms with Crippen molar-refractivity contribution in [3.63, 3.8) is 0 Å². The van der Waals surface area contributed by atoms with Crippen molar-refractivity contribution in [3.05, 3.63) is 48.2 Å². The van der Waals surface area contributed by atoms with Gasteiger partial charge in [-0.2, -0.15) is 0 Å². The highest BCUT2D eigenvalue weighted by Gasteiger charge is 2.24. The minimum absolute atomic E-state index is 0.0365. The van der Waals surface area contributed by atoms with E-state index in [0.717, 1.165) is 37.2 Å². The molecule has 7 nitrogen and oxygen atoms in total. The van der Waals surface area contributed by atoms with Crippen LogP contribution in [0.3, 0.4) is 0 Å². The molecule has 3 aromatic rings. The molecule has 31 heavy (non-hydrogen) atoms. The number of aromatic nitrogens is 1. The number of fused-ring (bicyclic) bond motifs is 1. The van der Waals surface area contributed by atoms with Crippen LogP contribution in [-0.2, 0) is 4.79 Å². The topological polar surface area (TPSA) is 75.8 Å². The van der Waals surface area contributed by atoms with Crippen LogP contribution >= 0.6 is 0 Å². The van der Waals surface area contributed by atoms with Gasteiger partial charge in [0.15, 0.2) is 0 Å². The Balaban J connectivity index is 1.35. The molecule has 0 saturated carbocycles. The van der Waals surface area contributed by atoms with Gasteiger partial charge in [-0.1, -0.05) is 0 Å². The minimum atomic E-state index is -0.0365. The number of hydrogen-bond donors (Lipinski definition) is 2. The van der Waals surface area contributed by atoms with Crippen LogP contribution in [0.5, 0.6) is 17.2 Å². The molecule has 1 aliphatic rings. The van der Waals surface area contributed by atoms with Crippen molar-refractivity contribution in [2.24, 2.45) is 0 Å². The van der Waals surface area contributed by atoms with Crippen LogP contribution < -0.4 is 19.5 Å². The maximum Gasteiger partial charge on any atom is 0.238 e. The average Bonchev–Trinajstić information content (AvgIpc) is 3.22. The molecule has 1 saturated heterocycles. The lowest BCUT2D eigenvalue weighted by Gasteiger charge is -2.31. The number of ether oxygens (including phenoxy) is 3. The normalized spacial score (nSPS) is 15.1. The lowest BCUT2D eigenvalue weighted by atomic mass is 9.89. The summed E-state index contributed by atoms with van der Waals surface area (Å²) in [6.07, 6.45) is 4.15. The third kappa shape index (κ3) is 4.77. The molecule has 0 aliphatic carbocycles. The van der Waals surface area contributed by atoms with Gasteiger partial charge in [-0.3, -0.25) is 9.69 Å². The summed E-state index contributed by atoms with van der Waals surface area (Å²) in [7, 11) is 4.88. The number of piperidine rings is 1. The van der Waals surface area contributed by atoms with Crippen molar-refractivity contribution < 1.29 is 19.0 Å². The Labute approximate surface area is 182 Å². The fraction of sp³-hybridized carbons (Fsp3) is 0.375. The van der Waals surface area contributed by atoms with Gasteiger partial charge in [-0.25, -0.2) is 0 Å². The Morgan fingerprint density at radius 1 is 1.00 bits per heavy atom. The molecule has 2 heterocycles. The molecule has 0 bridgehead atoms. The molecule has 164 valence electrons. The molecule has 1 aliphatic heterocycles. The molecule has 0 atom stereocenters. The molecule has 2 N–H and O–H groups in total. The summed E-state index contributed by atoms with van der Waals surface area (Å²) in [5.74, 6) is 2.60. The van der Waals surface area contributed by atoms with Crippen LogP contribution in [0, 0.1) is 0 Å². The number of carbonyl (C=O) groups is 1. The smallest absolute Gasteiger partial charge is 0.238 e. The Hall–Kier alpha value is -3.19. The summed E-state index contributed by atoms with van der Waals surface area (Å²) in [5, 5.41) is 4.18. The lowest BCUT2D eigenvalue weighted by Crippen LogP contribution is -2.38. The van der Waals surface area contributed by atoms with Gasteiger partial charge in [-0.05, 0) is 55.6 Å². The second kappa shape index (κ2) is 9.31. The summed E-state index contributed by atoms with van der Waals surface area (Å²) in [5.41, 5.74) is 3.14. The highest BCUT2D eigenvalue weighted by molar-refractivity contribution is 5.92. The van der Waals surface area contributed by atoms with Gasteiger partial charge < -0.3 is 24.5 Å². The van der Waals surface area contributed by atoms with E-state index in [1.165, 1.54) is 10.9 Å².